The number of hydrogen-bond acceptors (Lipinski definition) is 9. The first-order chi connectivity index (χ1) is 17.8. The number of aromatic nitrogens is 4. The molecule has 2 aromatic heterocycles. The molecule has 3 aromatic rings. The van der Waals surface area contributed by atoms with E-state index in [0.717, 1.165) is 0 Å². The van der Waals surface area contributed by atoms with Crippen LogP contribution in [0, 0.1) is 18.3 Å². The Balaban J connectivity index is 1.47. The van der Waals surface area contributed by atoms with E-state index in [4.69, 9.17) is 26.2 Å². The van der Waals surface area contributed by atoms with Crippen molar-refractivity contribution in [2.75, 3.05) is 18.7 Å². The summed E-state index contributed by atoms with van der Waals surface area (Å²) in [5.74, 6) is 2.80. The number of nitrogen functional groups attached to an aromatic ring is 1. The third-order valence-corrected chi connectivity index (χ3v) is 7.58. The molecule has 1 unspecified atom stereocenters. The number of fused-ring (bicyclic) bond motifs is 1. The number of nitrogens with zero attached hydrogens (tertiary/aromatic N) is 4. The second-order valence-electron chi connectivity index (χ2n) is 8.64. The number of ether oxygens (including phenoxy) is 2. The first-order valence-electron chi connectivity index (χ1n) is 11.8. The van der Waals surface area contributed by atoms with Crippen LogP contribution in [0.15, 0.2) is 55.1 Å². The van der Waals surface area contributed by atoms with Crippen LogP contribution in [0.4, 0.5) is 5.82 Å². The lowest BCUT2D eigenvalue weighted by Gasteiger charge is -2.28. The molecule has 12 heteroatoms. The Morgan fingerprint density at radius 2 is 2.14 bits per heavy atom. The Bertz CT molecular complexity index is 1370. The van der Waals surface area contributed by atoms with Crippen LogP contribution in [0.3, 0.4) is 0 Å². The first-order valence-corrected chi connectivity index (χ1v) is 13.6. The van der Waals surface area contributed by atoms with Crippen LogP contribution in [0.25, 0.3) is 11.2 Å². The summed E-state index contributed by atoms with van der Waals surface area (Å²) in [7, 11) is -3.75. The van der Waals surface area contributed by atoms with Crippen LogP contribution in [-0.2, 0) is 25.4 Å². The molecule has 3 N–H and O–H groups in total. The van der Waals surface area contributed by atoms with Crippen LogP contribution < -0.4 is 15.3 Å². The van der Waals surface area contributed by atoms with Crippen molar-refractivity contribution in [3.63, 3.8) is 0 Å². The van der Waals surface area contributed by atoms with Crippen molar-refractivity contribution >= 4 is 30.5 Å². The minimum absolute atomic E-state index is 0.00881. The third kappa shape index (κ3) is 6.17. The molecule has 194 valence electrons. The van der Waals surface area contributed by atoms with E-state index in [1.165, 1.54) is 6.33 Å². The molecule has 0 saturated carbocycles. The lowest BCUT2D eigenvalue weighted by molar-refractivity contribution is -0.144. The highest BCUT2D eigenvalue weighted by Crippen LogP contribution is 2.46. The number of rotatable bonds is 11. The lowest BCUT2D eigenvalue weighted by atomic mass is 9.99. The van der Waals surface area contributed by atoms with Crippen molar-refractivity contribution in [3.05, 3.63) is 55.1 Å². The highest BCUT2D eigenvalue weighted by molar-refractivity contribution is 7.57. The number of anilines is 1. The zero-order valence-corrected chi connectivity index (χ0v) is 21.5. The Morgan fingerprint density at radius 3 is 2.86 bits per heavy atom. The number of terminal acetylenes is 1. The molecule has 11 nitrogen and oxygen atoms in total. The van der Waals surface area contributed by atoms with Gasteiger partial charge >= 0.3 is 13.5 Å². The number of hydrogen-bond donors (Lipinski definition) is 2. The molecule has 0 fully saturated rings. The van der Waals surface area contributed by atoms with Gasteiger partial charge in [0.1, 0.15) is 29.2 Å². The van der Waals surface area contributed by atoms with Gasteiger partial charge in [0.05, 0.1) is 12.9 Å². The first kappa shape index (κ1) is 26.4. The van der Waals surface area contributed by atoms with Gasteiger partial charge in [0.2, 0.25) is 0 Å². The van der Waals surface area contributed by atoms with Crippen molar-refractivity contribution in [2.45, 2.75) is 38.5 Å². The molecule has 4 rings (SSSR count). The molecule has 37 heavy (non-hydrogen) atoms. The zero-order valence-electron chi connectivity index (χ0n) is 20.6. The van der Waals surface area contributed by atoms with E-state index in [9.17, 15) is 9.36 Å². The van der Waals surface area contributed by atoms with Crippen LogP contribution in [0.1, 0.15) is 20.3 Å². The summed E-state index contributed by atoms with van der Waals surface area (Å²) < 4.78 is 32.6. The fourth-order valence-corrected chi connectivity index (χ4v) is 5.78. The molecular formula is C25H29N6O5P. The van der Waals surface area contributed by atoms with Gasteiger partial charge in [0.25, 0.3) is 0 Å². The normalized spacial score (nSPS) is 21.3. The second kappa shape index (κ2) is 11.1. The van der Waals surface area contributed by atoms with Gasteiger partial charge in [-0.3, -0.25) is 9.36 Å². The molecule has 0 radical (unpaired) electrons. The summed E-state index contributed by atoms with van der Waals surface area (Å²) in [4.78, 5) is 24.7. The maximum absolute atomic E-state index is 13.8. The van der Waals surface area contributed by atoms with E-state index in [1.54, 1.807) is 50.5 Å². The third-order valence-electron chi connectivity index (χ3n) is 5.83. The highest BCUT2D eigenvalue weighted by atomic mass is 31.2. The predicted octanol–water partition coefficient (Wildman–Crippen LogP) is 3.14. The van der Waals surface area contributed by atoms with Crippen LogP contribution >= 0.6 is 7.52 Å². The van der Waals surface area contributed by atoms with Gasteiger partial charge in [-0.15, -0.1) is 6.42 Å². The van der Waals surface area contributed by atoms with Gasteiger partial charge in [0, 0.05) is 6.54 Å². The summed E-state index contributed by atoms with van der Waals surface area (Å²) >= 11 is 0. The van der Waals surface area contributed by atoms with E-state index in [2.05, 4.69) is 26.0 Å². The Kier molecular flexibility index (Phi) is 7.93. The molecule has 0 aliphatic heterocycles. The largest absolute Gasteiger partial charge is 0.465 e. The predicted molar refractivity (Wildman–Crippen MR) is 138 cm³/mol. The van der Waals surface area contributed by atoms with Gasteiger partial charge in [-0.05, 0) is 44.4 Å². The molecular weight excluding hydrogens is 495 g/mol. The molecule has 1 aliphatic rings. The van der Waals surface area contributed by atoms with Crippen LogP contribution in [0.2, 0.25) is 0 Å². The van der Waals surface area contributed by atoms with Crippen molar-refractivity contribution in [1.82, 2.24) is 24.6 Å². The summed E-state index contributed by atoms with van der Waals surface area (Å²) in [6, 6.07) is 7.75. The van der Waals surface area contributed by atoms with Gasteiger partial charge in [-0.1, -0.05) is 30.2 Å². The average molecular weight is 525 g/mol. The van der Waals surface area contributed by atoms with Crippen molar-refractivity contribution in [1.29, 1.82) is 0 Å². The van der Waals surface area contributed by atoms with Crippen molar-refractivity contribution in [3.8, 4) is 18.1 Å². The standard InChI is InChI=1S/C25H29N6O5P/c1-4-25(12-11-19(13-25)14-31-16-29-21-22(26)27-15-28-23(21)31)35-17-37(33,30-18(3)24(32)34-5-2)36-20-9-7-6-8-10-20/h1,6-12,15-16,18-19H,5,13-14,17H2,2-3H3,(H,30,33)(H2,26,27,28)/t18-,19-,25+,37?/m0/s1. The summed E-state index contributed by atoms with van der Waals surface area (Å²) in [6.45, 7) is 3.98. The van der Waals surface area contributed by atoms with E-state index >= 15 is 0 Å². The second-order valence-corrected chi connectivity index (χ2v) is 10.7. The van der Waals surface area contributed by atoms with Gasteiger partial charge in [0.15, 0.2) is 17.8 Å². The minimum Gasteiger partial charge on any atom is -0.465 e. The molecule has 1 aliphatic carbocycles. The number of imidazole rings is 1. The minimum atomic E-state index is -3.75. The van der Waals surface area contributed by atoms with Crippen molar-refractivity contribution in [2.24, 2.45) is 5.92 Å². The number of benzene rings is 1. The fourth-order valence-electron chi connectivity index (χ4n) is 4.04. The molecule has 4 atom stereocenters. The number of carbonyl (C=O) groups is 1. The van der Waals surface area contributed by atoms with Crippen LogP contribution in [0.5, 0.6) is 5.75 Å². The zero-order chi connectivity index (χ0) is 26.5. The summed E-state index contributed by atoms with van der Waals surface area (Å²) in [5.41, 5.74) is 5.93. The molecule has 1 aromatic carbocycles. The maximum atomic E-state index is 13.8. The number of carbonyl (C=O) groups excluding carboxylic acids is 1. The molecule has 0 saturated heterocycles. The summed E-state index contributed by atoms with van der Waals surface area (Å²) in [6.07, 6.45) is 12.7. The van der Waals surface area contributed by atoms with Crippen molar-refractivity contribution < 1.29 is 23.4 Å². The molecule has 2 heterocycles. The topological polar surface area (TPSA) is 143 Å². The lowest BCUT2D eigenvalue weighted by Crippen LogP contribution is -2.37. The van der Waals surface area contributed by atoms with Crippen LogP contribution in [-0.4, -0.2) is 50.1 Å². The quantitative estimate of drug-likeness (QED) is 0.166. The number of esters is 1. The fraction of sp³-hybridized carbons (Fsp3) is 0.360. The molecule has 0 bridgehead atoms. The Morgan fingerprint density at radius 1 is 1.35 bits per heavy atom. The molecule has 0 amide bonds. The highest BCUT2D eigenvalue weighted by Gasteiger charge is 2.39. The Hall–Kier alpha value is -3.71. The SMILES string of the molecule is C#C[C@@]1(OCP(=O)(N[C@@H](C)C(=O)OCC)Oc2ccccc2)C=C[C@H](Cn2cnc3c(N)ncnc32)C1. The van der Waals surface area contributed by atoms with E-state index in [-0.39, 0.29) is 18.9 Å². The number of para-hydroxylation sites is 1. The van der Waals surface area contributed by atoms with Gasteiger partial charge < -0.3 is 24.3 Å². The number of nitrogens with two attached hydrogens (primary N) is 1. The van der Waals surface area contributed by atoms with E-state index < -0.39 is 25.1 Å². The summed E-state index contributed by atoms with van der Waals surface area (Å²) in [5, 5.41) is 2.77. The molecule has 0 spiro atoms. The van der Waals surface area contributed by atoms with E-state index in [0.29, 0.717) is 35.7 Å². The monoisotopic (exact) mass is 524 g/mol. The van der Waals surface area contributed by atoms with Gasteiger partial charge in [-0.25, -0.2) is 20.0 Å². The number of nitrogens with one attached hydrogen (secondary N) is 1. The smallest absolute Gasteiger partial charge is 0.342 e. The number of allylic oxidation sites excluding steroid dienone is 1. The Labute approximate surface area is 214 Å². The van der Waals surface area contributed by atoms with E-state index in [1.807, 2.05) is 16.7 Å². The van der Waals surface area contributed by atoms with Gasteiger partial charge in [-0.2, -0.15) is 0 Å². The average Bonchev–Trinajstić information content (AvgIpc) is 3.49. The maximum Gasteiger partial charge on any atom is 0.342 e.